The number of benzene rings is 1. The molecule has 12 nitrogen and oxygen atoms in total. The van der Waals surface area contributed by atoms with Crippen LogP contribution in [0.3, 0.4) is 0 Å². The molecule has 12 heteroatoms. The first-order chi connectivity index (χ1) is 16.1. The van der Waals surface area contributed by atoms with E-state index in [2.05, 4.69) is 5.43 Å². The van der Waals surface area contributed by atoms with E-state index in [9.17, 15) is 19.2 Å². The third-order valence-corrected chi connectivity index (χ3v) is 4.28. The molecule has 0 aliphatic rings. The van der Waals surface area contributed by atoms with E-state index in [1.54, 1.807) is 33.8 Å². The van der Waals surface area contributed by atoms with Crippen LogP contribution in [-0.2, 0) is 35.0 Å². The van der Waals surface area contributed by atoms with Crippen molar-refractivity contribution in [1.29, 1.82) is 0 Å². The Balaban J connectivity index is 2.97. The molecule has 0 amide bonds. The molecule has 1 atom stereocenters. The summed E-state index contributed by atoms with van der Waals surface area (Å²) in [6.45, 7) is 7.99. The topological polar surface area (TPSA) is 162 Å². The van der Waals surface area contributed by atoms with E-state index in [1.807, 2.05) is 0 Å². The van der Waals surface area contributed by atoms with Crippen LogP contribution in [0.5, 0.6) is 11.5 Å². The number of ether oxygens (including phenoxy) is 6. The van der Waals surface area contributed by atoms with Crippen LogP contribution in [0, 0.1) is 5.92 Å². The monoisotopic (exact) mass is 484 g/mol. The summed E-state index contributed by atoms with van der Waals surface area (Å²) in [6.07, 6.45) is -1.99. The highest BCUT2D eigenvalue weighted by atomic mass is 16.7. The molecule has 0 spiro atoms. The molecule has 0 aromatic heterocycles. The summed E-state index contributed by atoms with van der Waals surface area (Å²) in [7, 11) is 0. The first kappa shape index (κ1) is 28.7. The Kier molecular flexibility index (Phi) is 11.8. The Bertz CT molecular complexity index is 858. The molecule has 0 bridgehead atoms. The Morgan fingerprint density at radius 1 is 0.912 bits per heavy atom. The van der Waals surface area contributed by atoms with Gasteiger partial charge in [-0.1, -0.05) is 19.9 Å². The number of esters is 2. The molecule has 1 aromatic rings. The number of hydrogen-bond donors (Lipinski definition) is 2. The highest BCUT2D eigenvalue weighted by molar-refractivity contribution is 5.81. The van der Waals surface area contributed by atoms with Gasteiger partial charge in [-0.15, -0.1) is 0 Å². The van der Waals surface area contributed by atoms with Crippen LogP contribution >= 0.6 is 0 Å². The lowest BCUT2D eigenvalue weighted by Crippen LogP contribution is -2.55. The zero-order chi connectivity index (χ0) is 25.7. The van der Waals surface area contributed by atoms with Crippen molar-refractivity contribution < 1.29 is 47.6 Å². The molecule has 0 heterocycles. The largest absolute Gasteiger partial charge is 0.513 e. The quantitative estimate of drug-likeness (QED) is 0.111. The smallest absolute Gasteiger partial charge is 0.462 e. The minimum atomic E-state index is -1.38. The molecule has 0 aliphatic heterocycles. The van der Waals surface area contributed by atoms with E-state index < -0.39 is 29.8 Å². The van der Waals surface area contributed by atoms with Crippen molar-refractivity contribution >= 4 is 24.2 Å². The molecule has 34 heavy (non-hydrogen) atoms. The summed E-state index contributed by atoms with van der Waals surface area (Å²) in [5.74, 6) is 3.99. The van der Waals surface area contributed by atoms with Crippen molar-refractivity contribution in [3.05, 3.63) is 23.8 Å². The molecule has 0 radical (unpaired) electrons. The molecule has 0 unspecified atom stereocenters. The van der Waals surface area contributed by atoms with Gasteiger partial charge in [0.1, 0.15) is 18.8 Å². The first-order valence-electron chi connectivity index (χ1n) is 10.7. The predicted octanol–water partition coefficient (Wildman–Crippen LogP) is 2.26. The summed E-state index contributed by atoms with van der Waals surface area (Å²) >= 11 is 0. The second kappa shape index (κ2) is 14.0. The minimum absolute atomic E-state index is 0.00693. The van der Waals surface area contributed by atoms with Crippen molar-refractivity contribution in [2.24, 2.45) is 11.8 Å². The second-order valence-electron chi connectivity index (χ2n) is 7.46. The Morgan fingerprint density at radius 3 is 2.00 bits per heavy atom. The molecule has 0 aliphatic carbocycles. The molecular weight excluding hydrogens is 452 g/mol. The minimum Gasteiger partial charge on any atom is -0.462 e. The number of nitrogens with two attached hydrogens (primary N) is 1. The van der Waals surface area contributed by atoms with E-state index in [0.29, 0.717) is 5.56 Å². The van der Waals surface area contributed by atoms with Gasteiger partial charge in [0.05, 0.1) is 19.1 Å². The Labute approximate surface area is 197 Å². The van der Waals surface area contributed by atoms with E-state index in [1.165, 1.54) is 19.1 Å². The van der Waals surface area contributed by atoms with E-state index in [-0.39, 0.29) is 50.3 Å². The summed E-state index contributed by atoms with van der Waals surface area (Å²) in [6, 6.07) is 4.30. The fourth-order valence-electron chi connectivity index (χ4n) is 2.49. The summed E-state index contributed by atoms with van der Waals surface area (Å²) in [5.41, 5.74) is 1.52. The lowest BCUT2D eigenvalue weighted by Gasteiger charge is -2.27. The predicted molar refractivity (Wildman–Crippen MR) is 118 cm³/mol. The maximum atomic E-state index is 12.6. The van der Waals surface area contributed by atoms with E-state index >= 15 is 0 Å². The van der Waals surface area contributed by atoms with Crippen molar-refractivity contribution in [1.82, 2.24) is 5.43 Å². The maximum absolute atomic E-state index is 12.6. The molecule has 1 rings (SSSR count). The van der Waals surface area contributed by atoms with Crippen molar-refractivity contribution in [3.63, 3.8) is 0 Å². The average Bonchev–Trinajstić information content (AvgIpc) is 2.78. The summed E-state index contributed by atoms with van der Waals surface area (Å²) in [5, 5.41) is 0. The molecule has 0 saturated carbocycles. The lowest BCUT2D eigenvalue weighted by atomic mass is 9.93. The standard InChI is InChI=1S/C22H32N2O10/c1-6-29-20(27)33-16-9-8-15(12-17(16)34-21(28)30-7-2)13-22(5,24-23)19(26)32-11-10-31-18(25)14(3)4/h8-9,12,14,24H,6-7,10-11,13,23H2,1-5H3/t22-/m0/s1. The molecule has 0 fully saturated rings. The van der Waals surface area contributed by atoms with Gasteiger partial charge in [0, 0.05) is 6.42 Å². The fraction of sp³-hybridized carbons (Fsp3) is 0.545. The summed E-state index contributed by atoms with van der Waals surface area (Å²) in [4.78, 5) is 47.6. The van der Waals surface area contributed by atoms with Crippen LogP contribution in [0.25, 0.3) is 0 Å². The van der Waals surface area contributed by atoms with Gasteiger partial charge in [0.25, 0.3) is 0 Å². The average molecular weight is 485 g/mol. The van der Waals surface area contributed by atoms with Crippen molar-refractivity contribution in [2.75, 3.05) is 26.4 Å². The number of nitrogens with one attached hydrogen (secondary N) is 1. The van der Waals surface area contributed by atoms with Gasteiger partial charge in [0.2, 0.25) is 0 Å². The summed E-state index contributed by atoms with van der Waals surface area (Å²) < 4.78 is 29.8. The number of hydrogen-bond acceptors (Lipinski definition) is 12. The van der Waals surface area contributed by atoms with E-state index in [0.717, 1.165) is 0 Å². The molecule has 190 valence electrons. The number of hydrazine groups is 1. The lowest BCUT2D eigenvalue weighted by molar-refractivity contribution is -0.158. The van der Waals surface area contributed by atoms with Crippen LogP contribution in [0.1, 0.15) is 40.2 Å². The third-order valence-electron chi connectivity index (χ3n) is 4.28. The van der Waals surface area contributed by atoms with Crippen LogP contribution < -0.4 is 20.7 Å². The maximum Gasteiger partial charge on any atom is 0.513 e. The fourth-order valence-corrected chi connectivity index (χ4v) is 2.49. The molecule has 3 N–H and O–H groups in total. The van der Waals surface area contributed by atoms with Crippen LogP contribution in [-0.4, -0.2) is 56.2 Å². The Morgan fingerprint density at radius 2 is 1.47 bits per heavy atom. The number of carbonyl (C=O) groups is 4. The van der Waals surface area contributed by atoms with Crippen LogP contribution in [0.2, 0.25) is 0 Å². The molecule has 0 saturated heterocycles. The number of rotatable bonds is 12. The second-order valence-corrected chi connectivity index (χ2v) is 7.46. The molecule has 1 aromatic carbocycles. The van der Waals surface area contributed by atoms with Gasteiger partial charge in [-0.2, -0.15) is 0 Å². The SMILES string of the molecule is CCOC(=O)Oc1ccc(C[C@](C)(NN)C(=O)OCCOC(=O)C(C)C)cc1OC(=O)OCC. The van der Waals surface area contributed by atoms with Gasteiger partial charge < -0.3 is 28.4 Å². The normalized spacial score (nSPS) is 12.3. The van der Waals surface area contributed by atoms with Crippen molar-refractivity contribution in [2.45, 2.75) is 46.6 Å². The van der Waals surface area contributed by atoms with Gasteiger partial charge in [-0.05, 0) is 38.5 Å². The van der Waals surface area contributed by atoms with Gasteiger partial charge in [-0.3, -0.25) is 10.6 Å². The highest BCUT2D eigenvalue weighted by Crippen LogP contribution is 2.31. The van der Waals surface area contributed by atoms with Crippen LogP contribution in [0.4, 0.5) is 9.59 Å². The first-order valence-corrected chi connectivity index (χ1v) is 10.7. The zero-order valence-corrected chi connectivity index (χ0v) is 20.0. The van der Waals surface area contributed by atoms with Crippen LogP contribution in [0.15, 0.2) is 18.2 Å². The third kappa shape index (κ3) is 9.24. The van der Waals surface area contributed by atoms with E-state index in [4.69, 9.17) is 34.3 Å². The van der Waals surface area contributed by atoms with Gasteiger partial charge in [-0.25, -0.2) is 19.8 Å². The zero-order valence-electron chi connectivity index (χ0n) is 20.0. The Hall–Kier alpha value is -3.38. The van der Waals surface area contributed by atoms with Crippen molar-refractivity contribution in [3.8, 4) is 11.5 Å². The molecular formula is C22H32N2O10. The highest BCUT2D eigenvalue weighted by Gasteiger charge is 2.34. The van der Waals surface area contributed by atoms with Gasteiger partial charge >= 0.3 is 24.2 Å². The van der Waals surface area contributed by atoms with Gasteiger partial charge in [0.15, 0.2) is 11.5 Å². The number of carbonyl (C=O) groups excluding carboxylic acids is 4.